The van der Waals surface area contributed by atoms with Gasteiger partial charge in [0, 0.05) is 13.1 Å². The van der Waals surface area contributed by atoms with E-state index in [1.54, 1.807) is 0 Å². The third-order valence-electron chi connectivity index (χ3n) is 3.26. The zero-order valence-corrected chi connectivity index (χ0v) is 11.6. The Kier molecular flexibility index (Phi) is 4.24. The zero-order chi connectivity index (χ0) is 13.0. The highest BCUT2D eigenvalue weighted by Gasteiger charge is 2.19. The van der Waals surface area contributed by atoms with Crippen LogP contribution in [0.25, 0.3) is 0 Å². The number of para-hydroxylation sites is 1. The van der Waals surface area contributed by atoms with Crippen molar-refractivity contribution >= 4 is 15.7 Å². The number of likely N-dealkylation sites (tertiary alicyclic amines) is 1. The first-order valence-corrected chi connectivity index (χ1v) is 8.17. The molecule has 2 rings (SSSR count). The maximum Gasteiger partial charge on any atom is 0.232 e. The van der Waals surface area contributed by atoms with Gasteiger partial charge < -0.3 is 4.90 Å². The molecule has 0 N–H and O–H groups in total. The van der Waals surface area contributed by atoms with Gasteiger partial charge >= 0.3 is 0 Å². The van der Waals surface area contributed by atoms with Crippen molar-refractivity contribution in [1.29, 1.82) is 0 Å². The number of nitrogens with zero attached hydrogens (tertiary/aromatic N) is 2. The summed E-state index contributed by atoms with van der Waals surface area (Å²) in [4.78, 5) is 2.32. The molecule has 100 valence electrons. The summed E-state index contributed by atoms with van der Waals surface area (Å²) in [6.45, 7) is 3.52. The average Bonchev–Trinajstić information content (AvgIpc) is 2.82. The Hall–Kier alpha value is -1.07. The van der Waals surface area contributed by atoms with Gasteiger partial charge in [-0.25, -0.2) is 8.42 Å². The van der Waals surface area contributed by atoms with Gasteiger partial charge in [-0.05, 0) is 38.1 Å². The van der Waals surface area contributed by atoms with Gasteiger partial charge in [-0.2, -0.15) is 0 Å². The van der Waals surface area contributed by atoms with Gasteiger partial charge in [0.1, 0.15) is 0 Å². The molecule has 1 aromatic rings. The topological polar surface area (TPSA) is 40.6 Å². The summed E-state index contributed by atoms with van der Waals surface area (Å²) in [5.41, 5.74) is 0.749. The second-order valence-electron chi connectivity index (χ2n) is 4.72. The molecule has 0 atom stereocenters. The highest BCUT2D eigenvalue weighted by atomic mass is 32.2. The number of hydrogen-bond donors (Lipinski definition) is 0. The van der Waals surface area contributed by atoms with E-state index in [2.05, 4.69) is 4.90 Å². The lowest BCUT2D eigenvalue weighted by atomic mass is 10.3. The van der Waals surface area contributed by atoms with Crippen molar-refractivity contribution in [1.82, 2.24) is 4.90 Å². The van der Waals surface area contributed by atoms with Crippen molar-refractivity contribution in [3.63, 3.8) is 0 Å². The fourth-order valence-electron chi connectivity index (χ4n) is 2.32. The van der Waals surface area contributed by atoms with E-state index in [1.165, 1.54) is 23.4 Å². The Labute approximate surface area is 109 Å². The van der Waals surface area contributed by atoms with Crippen LogP contribution in [-0.2, 0) is 10.0 Å². The highest BCUT2D eigenvalue weighted by Crippen LogP contribution is 2.17. The minimum absolute atomic E-state index is 0.531. The molecule has 0 saturated carbocycles. The second-order valence-corrected chi connectivity index (χ2v) is 6.63. The first-order valence-electron chi connectivity index (χ1n) is 6.32. The Balaban J connectivity index is 2.06. The number of hydrogen-bond acceptors (Lipinski definition) is 3. The molecule has 1 aliphatic rings. The summed E-state index contributed by atoms with van der Waals surface area (Å²) >= 11 is 0. The lowest BCUT2D eigenvalue weighted by Crippen LogP contribution is -2.37. The molecule has 18 heavy (non-hydrogen) atoms. The molecule has 1 fully saturated rings. The normalized spacial score (nSPS) is 16.9. The van der Waals surface area contributed by atoms with Crippen molar-refractivity contribution in [3.8, 4) is 0 Å². The predicted octanol–water partition coefficient (Wildman–Crippen LogP) is 1.55. The molecular weight excluding hydrogens is 248 g/mol. The predicted molar refractivity (Wildman–Crippen MR) is 74.3 cm³/mol. The van der Waals surface area contributed by atoms with Gasteiger partial charge in [0.05, 0.1) is 11.9 Å². The Morgan fingerprint density at radius 2 is 1.78 bits per heavy atom. The molecule has 5 heteroatoms. The summed E-state index contributed by atoms with van der Waals surface area (Å²) in [6.07, 6.45) is 3.72. The first-order chi connectivity index (χ1) is 8.57. The molecule has 1 aliphatic heterocycles. The standard InChI is InChI=1S/C13H20N2O2S/c1-18(16,17)15(13-7-3-2-4-8-13)12-11-14-9-5-6-10-14/h2-4,7-8H,5-6,9-12H2,1H3. The van der Waals surface area contributed by atoms with Crippen molar-refractivity contribution in [3.05, 3.63) is 30.3 Å². The molecule has 4 nitrogen and oxygen atoms in total. The van der Waals surface area contributed by atoms with Crippen LogP contribution in [0.4, 0.5) is 5.69 Å². The maximum absolute atomic E-state index is 11.8. The van der Waals surface area contributed by atoms with E-state index in [9.17, 15) is 8.42 Å². The molecule has 1 aromatic carbocycles. The van der Waals surface area contributed by atoms with E-state index in [4.69, 9.17) is 0 Å². The Morgan fingerprint density at radius 3 is 2.33 bits per heavy atom. The Morgan fingerprint density at radius 1 is 1.17 bits per heavy atom. The quantitative estimate of drug-likeness (QED) is 0.813. The molecule has 1 saturated heterocycles. The summed E-state index contributed by atoms with van der Waals surface area (Å²) in [5, 5.41) is 0. The third kappa shape index (κ3) is 3.46. The second kappa shape index (κ2) is 5.71. The zero-order valence-electron chi connectivity index (χ0n) is 10.7. The number of rotatable bonds is 5. The molecule has 0 radical (unpaired) electrons. The molecule has 1 heterocycles. The molecule has 0 aromatic heterocycles. The van der Waals surface area contributed by atoms with Crippen LogP contribution >= 0.6 is 0 Å². The van der Waals surface area contributed by atoms with E-state index >= 15 is 0 Å². The molecular formula is C13H20N2O2S. The third-order valence-corrected chi connectivity index (χ3v) is 4.46. The molecule has 0 aliphatic carbocycles. The van der Waals surface area contributed by atoms with Crippen molar-refractivity contribution in [2.24, 2.45) is 0 Å². The number of anilines is 1. The van der Waals surface area contributed by atoms with Crippen molar-refractivity contribution in [2.75, 3.05) is 36.7 Å². The van der Waals surface area contributed by atoms with Gasteiger partial charge in [0.15, 0.2) is 0 Å². The molecule has 0 amide bonds. The van der Waals surface area contributed by atoms with Gasteiger partial charge in [0.2, 0.25) is 10.0 Å². The molecule has 0 bridgehead atoms. The lowest BCUT2D eigenvalue weighted by Gasteiger charge is -2.25. The van der Waals surface area contributed by atoms with Crippen LogP contribution < -0.4 is 4.31 Å². The van der Waals surface area contributed by atoms with Crippen LogP contribution in [0.3, 0.4) is 0 Å². The van der Waals surface area contributed by atoms with Crippen molar-refractivity contribution in [2.45, 2.75) is 12.8 Å². The van der Waals surface area contributed by atoms with Crippen LogP contribution in [0.15, 0.2) is 30.3 Å². The van der Waals surface area contributed by atoms with Crippen LogP contribution in [0.5, 0.6) is 0 Å². The van der Waals surface area contributed by atoms with E-state index in [0.717, 1.165) is 25.3 Å². The number of sulfonamides is 1. The largest absolute Gasteiger partial charge is 0.302 e. The number of benzene rings is 1. The minimum atomic E-state index is -3.20. The van der Waals surface area contributed by atoms with Crippen LogP contribution in [-0.4, -0.2) is 45.8 Å². The first kappa shape index (κ1) is 13.4. The van der Waals surface area contributed by atoms with E-state index in [1.807, 2.05) is 30.3 Å². The van der Waals surface area contributed by atoms with Crippen molar-refractivity contribution < 1.29 is 8.42 Å². The van der Waals surface area contributed by atoms with E-state index in [-0.39, 0.29) is 0 Å². The fourth-order valence-corrected chi connectivity index (χ4v) is 3.24. The Bertz CT molecular complexity index is 467. The smallest absolute Gasteiger partial charge is 0.232 e. The monoisotopic (exact) mass is 268 g/mol. The maximum atomic E-state index is 11.8. The summed E-state index contributed by atoms with van der Waals surface area (Å²) in [7, 11) is -3.20. The lowest BCUT2D eigenvalue weighted by molar-refractivity contribution is 0.349. The molecule has 0 unspecified atom stereocenters. The van der Waals surface area contributed by atoms with Crippen LogP contribution in [0.1, 0.15) is 12.8 Å². The van der Waals surface area contributed by atoms with Gasteiger partial charge in [-0.15, -0.1) is 0 Å². The van der Waals surface area contributed by atoms with E-state index in [0.29, 0.717) is 6.54 Å². The van der Waals surface area contributed by atoms with Crippen LogP contribution in [0, 0.1) is 0 Å². The summed E-state index contributed by atoms with van der Waals surface area (Å²) < 4.78 is 25.2. The minimum Gasteiger partial charge on any atom is -0.302 e. The van der Waals surface area contributed by atoms with Gasteiger partial charge in [-0.1, -0.05) is 18.2 Å². The average molecular weight is 268 g/mol. The SMILES string of the molecule is CS(=O)(=O)N(CCN1CCCC1)c1ccccc1. The summed E-state index contributed by atoms with van der Waals surface area (Å²) in [5.74, 6) is 0. The summed E-state index contributed by atoms with van der Waals surface area (Å²) in [6, 6.07) is 9.30. The van der Waals surface area contributed by atoms with Crippen LogP contribution in [0.2, 0.25) is 0 Å². The molecule has 0 spiro atoms. The highest BCUT2D eigenvalue weighted by molar-refractivity contribution is 7.92. The van der Waals surface area contributed by atoms with E-state index < -0.39 is 10.0 Å². The van der Waals surface area contributed by atoms with Gasteiger partial charge in [0.25, 0.3) is 0 Å². The fraction of sp³-hybridized carbons (Fsp3) is 0.538. The van der Waals surface area contributed by atoms with Gasteiger partial charge in [-0.3, -0.25) is 4.31 Å².